The van der Waals surface area contributed by atoms with Crippen LogP contribution in [0.1, 0.15) is 19.8 Å². The van der Waals surface area contributed by atoms with E-state index in [0.717, 1.165) is 50.5 Å². The molecule has 1 aromatic carbocycles. The molecule has 0 radical (unpaired) electrons. The van der Waals surface area contributed by atoms with Crippen LogP contribution in [0.25, 0.3) is 20.4 Å². The molecule has 5 nitrogen and oxygen atoms in total. The first-order valence-electron chi connectivity index (χ1n) is 8.34. The lowest BCUT2D eigenvalue weighted by Crippen LogP contribution is -2.01. The number of ether oxygens (including phenoxy) is 1. The number of nitrogens with zero attached hydrogens (tertiary/aromatic N) is 3. The number of anilines is 2. The molecule has 4 aromatic rings. The second-order valence-corrected chi connectivity index (χ2v) is 6.68. The first kappa shape index (κ1) is 15.8. The highest BCUT2D eigenvalue weighted by atomic mass is 32.1. The molecule has 0 saturated heterocycles. The van der Waals surface area contributed by atoms with Crippen molar-refractivity contribution in [2.24, 2.45) is 0 Å². The highest BCUT2D eigenvalue weighted by Gasteiger charge is 2.13. The van der Waals surface area contributed by atoms with E-state index in [0.29, 0.717) is 6.61 Å². The van der Waals surface area contributed by atoms with E-state index >= 15 is 0 Å². The summed E-state index contributed by atoms with van der Waals surface area (Å²) in [6.45, 7) is 2.86. The molecule has 0 aliphatic rings. The van der Waals surface area contributed by atoms with Crippen molar-refractivity contribution >= 4 is 43.3 Å². The van der Waals surface area contributed by atoms with Crippen LogP contribution in [-0.2, 0) is 0 Å². The van der Waals surface area contributed by atoms with Crippen molar-refractivity contribution in [3.63, 3.8) is 0 Å². The number of aromatic nitrogens is 3. The van der Waals surface area contributed by atoms with Crippen LogP contribution in [0.4, 0.5) is 11.5 Å². The first-order valence-corrected chi connectivity index (χ1v) is 9.15. The Hall–Kier alpha value is -2.73. The molecule has 3 aromatic heterocycles. The molecule has 6 heteroatoms. The van der Waals surface area contributed by atoms with Crippen molar-refractivity contribution in [1.29, 1.82) is 0 Å². The summed E-state index contributed by atoms with van der Waals surface area (Å²) in [7, 11) is 0. The van der Waals surface area contributed by atoms with Gasteiger partial charge in [0.15, 0.2) is 5.82 Å². The van der Waals surface area contributed by atoms with Crippen LogP contribution in [-0.4, -0.2) is 21.6 Å². The largest absolute Gasteiger partial charge is 0.491 e. The van der Waals surface area contributed by atoms with Crippen LogP contribution in [0.3, 0.4) is 0 Å². The molecule has 0 amide bonds. The Morgan fingerprint density at radius 1 is 1.08 bits per heavy atom. The fourth-order valence-corrected chi connectivity index (χ4v) is 3.69. The van der Waals surface area contributed by atoms with E-state index in [9.17, 15) is 0 Å². The lowest BCUT2D eigenvalue weighted by molar-refractivity contribution is 0.311. The zero-order chi connectivity index (χ0) is 17.1. The number of hydrogen-bond donors (Lipinski definition) is 1. The SMILES string of the molecule is CCCCOc1ccccc1Nc1ncnc2c1sc1ncccc12. The minimum Gasteiger partial charge on any atom is -0.491 e. The third-order valence-corrected chi connectivity index (χ3v) is 5.03. The van der Waals surface area contributed by atoms with Gasteiger partial charge in [0.05, 0.1) is 22.5 Å². The molecule has 0 aliphatic carbocycles. The summed E-state index contributed by atoms with van der Waals surface area (Å²) in [5.74, 6) is 1.61. The Morgan fingerprint density at radius 2 is 2.00 bits per heavy atom. The lowest BCUT2D eigenvalue weighted by Gasteiger charge is -2.12. The van der Waals surface area contributed by atoms with Crippen molar-refractivity contribution in [3.8, 4) is 5.75 Å². The first-order chi connectivity index (χ1) is 12.4. The normalized spacial score (nSPS) is 11.1. The summed E-state index contributed by atoms with van der Waals surface area (Å²) in [4.78, 5) is 14.3. The summed E-state index contributed by atoms with van der Waals surface area (Å²) < 4.78 is 6.91. The number of para-hydroxylation sites is 2. The van der Waals surface area contributed by atoms with Gasteiger partial charge in [0.25, 0.3) is 0 Å². The maximum atomic E-state index is 5.91. The molecule has 0 fully saturated rings. The highest BCUT2D eigenvalue weighted by molar-refractivity contribution is 7.25. The zero-order valence-electron chi connectivity index (χ0n) is 13.9. The topological polar surface area (TPSA) is 59.9 Å². The molecule has 0 bridgehead atoms. The van der Waals surface area contributed by atoms with Gasteiger partial charge in [-0.2, -0.15) is 0 Å². The van der Waals surface area contributed by atoms with Crippen molar-refractivity contribution in [2.45, 2.75) is 19.8 Å². The zero-order valence-corrected chi connectivity index (χ0v) is 14.7. The van der Waals surface area contributed by atoms with E-state index in [2.05, 4.69) is 27.2 Å². The van der Waals surface area contributed by atoms with E-state index in [1.165, 1.54) is 0 Å². The average Bonchev–Trinajstić information content (AvgIpc) is 3.03. The van der Waals surface area contributed by atoms with Crippen LogP contribution >= 0.6 is 11.3 Å². The molecule has 0 unspecified atom stereocenters. The number of nitrogens with one attached hydrogen (secondary N) is 1. The minimum atomic E-state index is 0.710. The van der Waals surface area contributed by atoms with Crippen molar-refractivity contribution in [1.82, 2.24) is 15.0 Å². The Balaban J connectivity index is 1.72. The number of benzene rings is 1. The minimum absolute atomic E-state index is 0.710. The van der Waals surface area contributed by atoms with Gasteiger partial charge in [0.2, 0.25) is 0 Å². The molecule has 126 valence electrons. The smallest absolute Gasteiger partial charge is 0.152 e. The summed E-state index contributed by atoms with van der Waals surface area (Å²) in [5.41, 5.74) is 1.83. The van der Waals surface area contributed by atoms with Crippen molar-refractivity contribution in [2.75, 3.05) is 11.9 Å². The molecular formula is C19H18N4OS. The van der Waals surface area contributed by atoms with E-state index in [1.807, 2.05) is 36.4 Å². The second-order valence-electron chi connectivity index (χ2n) is 5.68. The molecule has 0 atom stereocenters. The van der Waals surface area contributed by atoms with Gasteiger partial charge in [-0.3, -0.25) is 0 Å². The van der Waals surface area contributed by atoms with Crippen LogP contribution in [0, 0.1) is 0 Å². The van der Waals surface area contributed by atoms with Crippen LogP contribution < -0.4 is 10.1 Å². The molecule has 25 heavy (non-hydrogen) atoms. The number of rotatable bonds is 6. The number of fused-ring (bicyclic) bond motifs is 3. The Labute approximate surface area is 149 Å². The fourth-order valence-electron chi connectivity index (χ4n) is 2.65. The van der Waals surface area contributed by atoms with Gasteiger partial charge in [-0.1, -0.05) is 25.5 Å². The third kappa shape index (κ3) is 3.13. The number of unbranched alkanes of at least 4 members (excludes halogenated alkanes) is 1. The highest BCUT2D eigenvalue weighted by Crippen LogP contribution is 2.36. The molecule has 1 N–H and O–H groups in total. The molecule has 4 rings (SSSR count). The quantitative estimate of drug-likeness (QED) is 0.487. The predicted octanol–water partition coefficient (Wildman–Crippen LogP) is 5.16. The number of hydrogen-bond acceptors (Lipinski definition) is 6. The third-order valence-electron chi connectivity index (χ3n) is 3.92. The van der Waals surface area contributed by atoms with E-state index in [1.54, 1.807) is 23.9 Å². The Kier molecular flexibility index (Phi) is 4.43. The van der Waals surface area contributed by atoms with Crippen molar-refractivity contribution in [3.05, 3.63) is 48.9 Å². The van der Waals surface area contributed by atoms with Crippen molar-refractivity contribution < 1.29 is 4.74 Å². The van der Waals surface area contributed by atoms with Gasteiger partial charge in [0.1, 0.15) is 16.9 Å². The van der Waals surface area contributed by atoms with Crippen LogP contribution in [0.15, 0.2) is 48.9 Å². The molecule has 0 saturated carbocycles. The Morgan fingerprint density at radius 3 is 2.92 bits per heavy atom. The van der Waals surface area contributed by atoms with Gasteiger partial charge in [0, 0.05) is 11.6 Å². The van der Waals surface area contributed by atoms with Gasteiger partial charge in [-0.15, -0.1) is 11.3 Å². The standard InChI is InChI=1S/C19H18N4OS/c1-2-3-11-24-15-9-5-4-8-14(15)23-18-17-16(21-12-22-18)13-7-6-10-20-19(13)25-17/h4-10,12H,2-3,11H2,1H3,(H,21,22,23). The summed E-state index contributed by atoms with van der Waals surface area (Å²) in [6, 6.07) is 11.9. The van der Waals surface area contributed by atoms with Gasteiger partial charge >= 0.3 is 0 Å². The average molecular weight is 350 g/mol. The van der Waals surface area contributed by atoms with Gasteiger partial charge in [-0.25, -0.2) is 15.0 Å². The number of pyridine rings is 1. The summed E-state index contributed by atoms with van der Waals surface area (Å²) >= 11 is 1.60. The molecule has 0 spiro atoms. The van der Waals surface area contributed by atoms with Crippen LogP contribution in [0.2, 0.25) is 0 Å². The summed E-state index contributed by atoms with van der Waals surface area (Å²) in [6.07, 6.45) is 5.53. The monoisotopic (exact) mass is 350 g/mol. The van der Waals surface area contributed by atoms with Gasteiger partial charge in [-0.05, 0) is 30.7 Å². The Bertz CT molecular complexity index is 1010. The van der Waals surface area contributed by atoms with Gasteiger partial charge < -0.3 is 10.1 Å². The predicted molar refractivity (Wildman–Crippen MR) is 103 cm³/mol. The number of thiophene rings is 1. The lowest BCUT2D eigenvalue weighted by atomic mass is 10.2. The van der Waals surface area contributed by atoms with E-state index < -0.39 is 0 Å². The second kappa shape index (κ2) is 7.03. The van der Waals surface area contributed by atoms with E-state index in [4.69, 9.17) is 4.74 Å². The summed E-state index contributed by atoms with van der Waals surface area (Å²) in [5, 5.41) is 4.47. The maximum Gasteiger partial charge on any atom is 0.152 e. The molecule has 0 aliphatic heterocycles. The molecule has 3 heterocycles. The van der Waals surface area contributed by atoms with Crippen LogP contribution in [0.5, 0.6) is 5.75 Å². The van der Waals surface area contributed by atoms with E-state index in [-0.39, 0.29) is 0 Å². The molecular weight excluding hydrogens is 332 g/mol. The fraction of sp³-hybridized carbons (Fsp3) is 0.211. The maximum absolute atomic E-state index is 5.91.